The maximum absolute atomic E-state index is 2.47. The van der Waals surface area contributed by atoms with Gasteiger partial charge in [-0.1, -0.05) is 0 Å². The van der Waals surface area contributed by atoms with E-state index in [2.05, 4.69) is 68.2 Å². The van der Waals surface area contributed by atoms with Crippen molar-refractivity contribution in [1.82, 2.24) is 0 Å². The first-order valence-corrected chi connectivity index (χ1v) is 13.4. The van der Waals surface area contributed by atoms with Gasteiger partial charge in [0.25, 0.3) is 0 Å². The average Bonchev–Trinajstić information content (AvgIpc) is 2.44. The van der Waals surface area contributed by atoms with Crippen LogP contribution in [0, 0.1) is 20.8 Å². The molecule has 0 fully saturated rings. The molecule has 0 N–H and O–H groups in total. The van der Waals surface area contributed by atoms with E-state index in [9.17, 15) is 0 Å². The normalized spacial score (nSPS) is 11.0. The second-order valence-electron chi connectivity index (χ2n) is 5.05. The summed E-state index contributed by atoms with van der Waals surface area (Å²) in [5, 5.41) is 3.23. The first kappa shape index (κ1) is 14.9. The molecule has 0 atom stereocenters. The van der Waals surface area contributed by atoms with Gasteiger partial charge >= 0.3 is 129 Å². The van der Waals surface area contributed by atoms with Crippen LogP contribution in [-0.4, -0.2) is 29.9 Å². The molecule has 0 saturated heterocycles. The van der Waals surface area contributed by atoms with Crippen LogP contribution in [0.25, 0.3) is 0 Å². The van der Waals surface area contributed by atoms with Crippen LogP contribution >= 0.6 is 0 Å². The molecule has 0 saturated carbocycles. The summed E-state index contributed by atoms with van der Waals surface area (Å²) < 4.78 is 1.49. The van der Waals surface area contributed by atoms with Gasteiger partial charge in [0.15, 0.2) is 0 Å². The Morgan fingerprint density at radius 3 is 2.21 bits per heavy atom. The van der Waals surface area contributed by atoms with Crippen LogP contribution < -0.4 is 10.4 Å². The molecule has 2 heteroatoms. The molecule has 3 radical (unpaired) electrons. The molecule has 2 aromatic rings. The van der Waals surface area contributed by atoms with E-state index in [1.54, 1.807) is 10.4 Å². The van der Waals surface area contributed by atoms with E-state index in [1.165, 1.54) is 20.8 Å². The molecule has 2 aromatic carbocycles. The predicted octanol–water partition coefficient (Wildman–Crippen LogP) is 2.93. The summed E-state index contributed by atoms with van der Waals surface area (Å²) in [7, 11) is -0.544. The SMILES string of the molecule is [CH3][Sn][CH2][Si](c1ccccc1)c1ccc(C)c(C)c1C. The molecule has 0 spiro atoms. The molecule has 0 bridgehead atoms. The van der Waals surface area contributed by atoms with Gasteiger partial charge in [0, 0.05) is 0 Å². The Labute approximate surface area is 129 Å². The second kappa shape index (κ2) is 6.75. The van der Waals surface area contributed by atoms with Crippen LogP contribution in [-0.2, 0) is 0 Å². The molecule has 0 aliphatic carbocycles. The van der Waals surface area contributed by atoms with Gasteiger partial charge in [-0.25, -0.2) is 0 Å². The Morgan fingerprint density at radius 2 is 1.58 bits per heavy atom. The van der Waals surface area contributed by atoms with Crippen molar-refractivity contribution >= 4 is 40.3 Å². The zero-order valence-electron chi connectivity index (χ0n) is 12.2. The summed E-state index contributed by atoms with van der Waals surface area (Å²) in [6.45, 7) is 6.80. The third kappa shape index (κ3) is 3.32. The molecule has 97 valence electrons. The van der Waals surface area contributed by atoms with E-state index >= 15 is 0 Å². The van der Waals surface area contributed by atoms with Crippen molar-refractivity contribution in [1.29, 1.82) is 0 Å². The summed E-state index contributed by atoms with van der Waals surface area (Å²) >= 11 is -0.177. The standard InChI is InChI=1S/C16H18Si.CH3.Sn/c1-12-10-11-16(14(3)13(12)2)17(4)15-8-6-5-7-9-15;;/h5-11H,4H2,1-3H3;1H3;. The van der Waals surface area contributed by atoms with Gasteiger partial charge in [-0.2, -0.15) is 0 Å². The Hall–Kier alpha value is -0.544. The minimum absolute atomic E-state index is 0.177. The van der Waals surface area contributed by atoms with Crippen molar-refractivity contribution in [3.63, 3.8) is 0 Å². The number of hydrogen-bond acceptors (Lipinski definition) is 0. The van der Waals surface area contributed by atoms with E-state index < -0.39 is 8.80 Å². The topological polar surface area (TPSA) is 0 Å². The van der Waals surface area contributed by atoms with Crippen molar-refractivity contribution in [3.8, 4) is 0 Å². The van der Waals surface area contributed by atoms with E-state index in [1.807, 2.05) is 0 Å². The van der Waals surface area contributed by atoms with E-state index in [-0.39, 0.29) is 21.1 Å². The number of rotatable bonds is 4. The van der Waals surface area contributed by atoms with Crippen molar-refractivity contribution < 1.29 is 0 Å². The fourth-order valence-corrected chi connectivity index (χ4v) is 11.4. The molecule has 0 aromatic heterocycles. The van der Waals surface area contributed by atoms with Crippen molar-refractivity contribution in [2.75, 3.05) is 0 Å². The van der Waals surface area contributed by atoms with Crippen LogP contribution in [0.1, 0.15) is 16.7 Å². The van der Waals surface area contributed by atoms with Crippen LogP contribution in [0.15, 0.2) is 42.5 Å². The van der Waals surface area contributed by atoms with Crippen molar-refractivity contribution in [3.05, 3.63) is 59.2 Å². The minimum atomic E-state index is -0.544. The third-order valence-corrected chi connectivity index (χ3v) is 12.8. The Balaban J connectivity index is 2.49. The molecule has 0 unspecified atom stereocenters. The molecule has 0 amide bonds. The first-order valence-electron chi connectivity index (χ1n) is 6.78. The summed E-state index contributed by atoms with van der Waals surface area (Å²) in [6, 6.07) is 15.9. The van der Waals surface area contributed by atoms with Gasteiger partial charge in [0.2, 0.25) is 0 Å². The van der Waals surface area contributed by atoms with Gasteiger partial charge in [-0.05, 0) is 0 Å². The van der Waals surface area contributed by atoms with E-state index in [0.717, 1.165) is 0 Å². The number of benzene rings is 2. The third-order valence-electron chi connectivity index (χ3n) is 3.86. The van der Waals surface area contributed by atoms with E-state index in [0.29, 0.717) is 0 Å². The summed E-state index contributed by atoms with van der Waals surface area (Å²) in [6.07, 6.45) is 0. The zero-order chi connectivity index (χ0) is 13.8. The molecule has 2 rings (SSSR count). The van der Waals surface area contributed by atoms with Gasteiger partial charge in [0.05, 0.1) is 0 Å². The van der Waals surface area contributed by atoms with Crippen LogP contribution in [0.4, 0.5) is 0 Å². The molecule has 0 aliphatic heterocycles. The zero-order valence-corrected chi connectivity index (χ0v) is 16.1. The molecule has 0 nitrogen and oxygen atoms in total. The molecular formula is C17H21SiSn. The molecule has 0 heterocycles. The van der Waals surface area contributed by atoms with Gasteiger partial charge < -0.3 is 0 Å². The second-order valence-corrected chi connectivity index (χ2v) is 12.5. The molecular weight excluding hydrogens is 351 g/mol. The van der Waals surface area contributed by atoms with Crippen molar-refractivity contribution in [2.24, 2.45) is 0 Å². The van der Waals surface area contributed by atoms with Crippen molar-refractivity contribution in [2.45, 2.75) is 29.8 Å². The summed E-state index contributed by atoms with van der Waals surface area (Å²) in [4.78, 5) is 2.47. The van der Waals surface area contributed by atoms with Gasteiger partial charge in [-0.3, -0.25) is 0 Å². The maximum atomic E-state index is 2.47. The van der Waals surface area contributed by atoms with Crippen LogP contribution in [0.3, 0.4) is 0 Å². The van der Waals surface area contributed by atoms with Gasteiger partial charge in [0.1, 0.15) is 0 Å². The van der Waals surface area contributed by atoms with Gasteiger partial charge in [-0.15, -0.1) is 0 Å². The monoisotopic (exact) mass is 373 g/mol. The number of hydrogen-bond donors (Lipinski definition) is 0. The van der Waals surface area contributed by atoms with Crippen LogP contribution in [0.5, 0.6) is 0 Å². The first-order chi connectivity index (χ1) is 9.15. The average molecular weight is 372 g/mol. The summed E-state index contributed by atoms with van der Waals surface area (Å²) in [5.41, 5.74) is 4.44. The molecule has 0 aliphatic rings. The number of aryl methyl sites for hydroxylation is 1. The summed E-state index contributed by atoms with van der Waals surface area (Å²) in [5.74, 6) is 0. The Kier molecular flexibility index (Phi) is 5.28. The quantitative estimate of drug-likeness (QED) is 0.725. The fourth-order valence-electron chi connectivity index (χ4n) is 2.45. The Morgan fingerprint density at radius 1 is 0.895 bits per heavy atom. The predicted molar refractivity (Wildman–Crippen MR) is 88.5 cm³/mol. The fraction of sp³-hybridized carbons (Fsp3) is 0.294. The van der Waals surface area contributed by atoms with Crippen LogP contribution in [0.2, 0.25) is 9.00 Å². The van der Waals surface area contributed by atoms with E-state index in [4.69, 9.17) is 0 Å². The Bertz CT molecular complexity index is 549. The molecule has 19 heavy (non-hydrogen) atoms.